The molecule has 1 aliphatic heterocycles. The summed E-state index contributed by atoms with van der Waals surface area (Å²) in [7, 11) is 0. The van der Waals surface area contributed by atoms with E-state index in [1.807, 2.05) is 0 Å². The van der Waals surface area contributed by atoms with Crippen LogP contribution in [0.3, 0.4) is 0 Å². The predicted molar refractivity (Wildman–Crippen MR) is 105 cm³/mol. The minimum atomic E-state index is -4.55. The molecule has 4 rings (SSSR count). The van der Waals surface area contributed by atoms with Crippen LogP contribution in [0, 0.1) is 12.7 Å². The molecule has 1 atom stereocenters. The van der Waals surface area contributed by atoms with Gasteiger partial charge in [0.2, 0.25) is 11.8 Å². The Morgan fingerprint density at radius 3 is 2.58 bits per heavy atom. The molecule has 0 spiro atoms. The van der Waals surface area contributed by atoms with E-state index < -0.39 is 35.4 Å². The normalized spacial score (nSPS) is 15.9. The summed E-state index contributed by atoms with van der Waals surface area (Å²) in [6.07, 6.45) is -4.79. The van der Waals surface area contributed by atoms with Crippen LogP contribution in [0.25, 0.3) is 11.3 Å². The van der Waals surface area contributed by atoms with Gasteiger partial charge in [0.1, 0.15) is 17.7 Å². The van der Waals surface area contributed by atoms with Gasteiger partial charge in [-0.1, -0.05) is 6.07 Å². The summed E-state index contributed by atoms with van der Waals surface area (Å²) >= 11 is 0. The van der Waals surface area contributed by atoms with Gasteiger partial charge in [0.05, 0.1) is 17.7 Å². The number of fused-ring (bicyclic) bond motifs is 1. The van der Waals surface area contributed by atoms with Crippen LogP contribution in [0.15, 0.2) is 48.5 Å². The van der Waals surface area contributed by atoms with Crippen molar-refractivity contribution in [1.82, 2.24) is 9.78 Å². The van der Waals surface area contributed by atoms with Gasteiger partial charge in [-0.3, -0.25) is 9.59 Å². The first kappa shape index (κ1) is 20.6. The summed E-state index contributed by atoms with van der Waals surface area (Å²) in [6, 6.07) is 8.75. The van der Waals surface area contributed by atoms with E-state index in [2.05, 4.69) is 15.7 Å². The van der Waals surface area contributed by atoms with Crippen molar-refractivity contribution in [3.8, 4) is 11.3 Å². The van der Waals surface area contributed by atoms with Crippen LogP contribution in [0.4, 0.5) is 29.1 Å². The topological polar surface area (TPSA) is 76.0 Å². The molecule has 6 nitrogen and oxygen atoms in total. The molecule has 0 radical (unpaired) electrons. The molecule has 31 heavy (non-hydrogen) atoms. The zero-order valence-electron chi connectivity index (χ0n) is 16.1. The van der Waals surface area contributed by atoms with E-state index in [0.29, 0.717) is 22.6 Å². The van der Waals surface area contributed by atoms with Gasteiger partial charge in [0, 0.05) is 16.8 Å². The van der Waals surface area contributed by atoms with Gasteiger partial charge < -0.3 is 10.6 Å². The number of alkyl halides is 3. The fourth-order valence-corrected chi connectivity index (χ4v) is 3.42. The first-order valence-electron chi connectivity index (χ1n) is 9.26. The summed E-state index contributed by atoms with van der Waals surface area (Å²) in [5.74, 6) is -1.22. The number of carbonyl (C=O) groups excluding carboxylic acids is 2. The zero-order chi connectivity index (χ0) is 22.3. The Morgan fingerprint density at radius 1 is 1.19 bits per heavy atom. The number of halogens is 4. The molecule has 0 saturated carbocycles. The highest BCUT2D eigenvalue weighted by Gasteiger charge is 2.35. The number of aromatic nitrogens is 2. The van der Waals surface area contributed by atoms with E-state index >= 15 is 0 Å². The standard InChI is InChI=1S/C21H16F4N4O2/c1-11-18(12-5-7-14(22)8-6-12)28-29-16(10-17(30)27-19(11)29)20(31)26-15-4-2-3-13(9-15)21(23,24)25/h2-9,16H,10H2,1H3,(H,26,31)(H,27,30)/t16-/m1/s1. The van der Waals surface area contributed by atoms with Gasteiger partial charge >= 0.3 is 6.18 Å². The Balaban J connectivity index is 1.66. The van der Waals surface area contributed by atoms with Gasteiger partial charge in [-0.25, -0.2) is 9.07 Å². The molecule has 0 saturated heterocycles. The number of hydrogen-bond acceptors (Lipinski definition) is 3. The number of benzene rings is 2. The van der Waals surface area contributed by atoms with Gasteiger partial charge in [-0.2, -0.15) is 18.3 Å². The van der Waals surface area contributed by atoms with Crippen LogP contribution in [0.1, 0.15) is 23.6 Å². The summed E-state index contributed by atoms with van der Waals surface area (Å²) < 4.78 is 53.4. The molecular weight excluding hydrogens is 416 g/mol. The second-order valence-electron chi connectivity index (χ2n) is 7.11. The minimum Gasteiger partial charge on any atom is -0.324 e. The highest BCUT2D eigenvalue weighted by molar-refractivity contribution is 6.02. The summed E-state index contributed by atoms with van der Waals surface area (Å²) in [5.41, 5.74) is 0.675. The monoisotopic (exact) mass is 432 g/mol. The van der Waals surface area contributed by atoms with Gasteiger partial charge in [0.15, 0.2) is 0 Å². The average molecular weight is 432 g/mol. The number of anilines is 2. The number of rotatable bonds is 3. The van der Waals surface area contributed by atoms with Gasteiger partial charge in [-0.15, -0.1) is 0 Å². The molecular formula is C21H16F4N4O2. The maximum Gasteiger partial charge on any atom is 0.416 e. The Bertz CT molecular complexity index is 1170. The maximum absolute atomic E-state index is 13.3. The summed E-state index contributed by atoms with van der Waals surface area (Å²) in [4.78, 5) is 25.0. The van der Waals surface area contributed by atoms with E-state index in [4.69, 9.17) is 0 Å². The van der Waals surface area contributed by atoms with E-state index in [0.717, 1.165) is 12.1 Å². The van der Waals surface area contributed by atoms with Crippen molar-refractivity contribution in [1.29, 1.82) is 0 Å². The molecule has 3 aromatic rings. The second-order valence-corrected chi connectivity index (χ2v) is 7.11. The van der Waals surface area contributed by atoms with Crippen molar-refractivity contribution in [3.05, 3.63) is 65.5 Å². The van der Waals surface area contributed by atoms with Crippen molar-refractivity contribution in [2.45, 2.75) is 25.6 Å². The molecule has 1 aromatic heterocycles. The third-order valence-electron chi connectivity index (χ3n) is 4.96. The molecule has 160 valence electrons. The predicted octanol–water partition coefficient (Wildman–Crippen LogP) is 4.54. The minimum absolute atomic E-state index is 0.0463. The molecule has 0 fully saturated rings. The third-order valence-corrected chi connectivity index (χ3v) is 4.96. The Labute approximate surface area is 173 Å². The first-order valence-corrected chi connectivity index (χ1v) is 9.26. The molecule has 1 aliphatic rings. The second kappa shape index (κ2) is 7.53. The molecule has 0 aliphatic carbocycles. The fraction of sp³-hybridized carbons (Fsp3) is 0.190. The van der Waals surface area contributed by atoms with Crippen molar-refractivity contribution < 1.29 is 27.2 Å². The van der Waals surface area contributed by atoms with Crippen LogP contribution >= 0.6 is 0 Å². The molecule has 10 heteroatoms. The lowest BCUT2D eigenvalue weighted by atomic mass is 10.1. The lowest BCUT2D eigenvalue weighted by Gasteiger charge is -2.24. The fourth-order valence-electron chi connectivity index (χ4n) is 3.42. The molecule has 2 heterocycles. The third kappa shape index (κ3) is 4.00. The van der Waals surface area contributed by atoms with E-state index in [1.54, 1.807) is 6.92 Å². The Kier molecular flexibility index (Phi) is 5.00. The van der Waals surface area contributed by atoms with Crippen molar-refractivity contribution in [2.75, 3.05) is 10.6 Å². The highest BCUT2D eigenvalue weighted by atomic mass is 19.4. The van der Waals surface area contributed by atoms with E-state index in [-0.39, 0.29) is 12.1 Å². The summed E-state index contributed by atoms with van der Waals surface area (Å²) in [6.45, 7) is 1.70. The molecule has 2 amide bonds. The van der Waals surface area contributed by atoms with Crippen molar-refractivity contribution >= 4 is 23.3 Å². The van der Waals surface area contributed by atoms with E-state index in [1.165, 1.54) is 41.1 Å². The maximum atomic E-state index is 13.3. The quantitative estimate of drug-likeness (QED) is 0.597. The Hall–Kier alpha value is -3.69. The molecule has 0 unspecified atom stereocenters. The van der Waals surface area contributed by atoms with Crippen LogP contribution < -0.4 is 10.6 Å². The smallest absolute Gasteiger partial charge is 0.324 e. The lowest BCUT2D eigenvalue weighted by molar-refractivity contribution is -0.137. The van der Waals surface area contributed by atoms with Crippen molar-refractivity contribution in [2.24, 2.45) is 0 Å². The number of nitrogens with zero attached hydrogens (tertiary/aromatic N) is 2. The number of amides is 2. The zero-order valence-corrected chi connectivity index (χ0v) is 16.1. The van der Waals surface area contributed by atoms with Gasteiger partial charge in [0.25, 0.3) is 0 Å². The van der Waals surface area contributed by atoms with Crippen LogP contribution in [0.5, 0.6) is 0 Å². The first-order chi connectivity index (χ1) is 14.6. The Morgan fingerprint density at radius 2 is 1.90 bits per heavy atom. The van der Waals surface area contributed by atoms with Gasteiger partial charge in [-0.05, 0) is 49.4 Å². The SMILES string of the molecule is Cc1c(-c2ccc(F)cc2)nn2c1NC(=O)C[C@@H]2C(=O)Nc1cccc(C(F)(F)F)c1. The number of nitrogens with one attached hydrogen (secondary N) is 2. The molecule has 0 bridgehead atoms. The molecule has 2 N–H and O–H groups in total. The molecule has 2 aromatic carbocycles. The number of carbonyl (C=O) groups is 2. The largest absolute Gasteiger partial charge is 0.416 e. The van der Waals surface area contributed by atoms with Crippen LogP contribution in [-0.4, -0.2) is 21.6 Å². The van der Waals surface area contributed by atoms with Crippen molar-refractivity contribution in [3.63, 3.8) is 0 Å². The van der Waals surface area contributed by atoms with E-state index in [9.17, 15) is 27.2 Å². The highest BCUT2D eigenvalue weighted by Crippen LogP contribution is 2.35. The number of hydrogen-bond donors (Lipinski definition) is 2. The summed E-state index contributed by atoms with van der Waals surface area (Å²) in [5, 5.41) is 9.52. The van der Waals surface area contributed by atoms with Crippen LogP contribution in [0.2, 0.25) is 0 Å². The average Bonchev–Trinajstić information content (AvgIpc) is 3.04. The van der Waals surface area contributed by atoms with Crippen LogP contribution in [-0.2, 0) is 15.8 Å². The lowest BCUT2D eigenvalue weighted by Crippen LogP contribution is -2.36.